The van der Waals surface area contributed by atoms with E-state index in [1.807, 2.05) is 47.5 Å². The number of rotatable bonds is 7. The Balaban J connectivity index is 1.41. The standard InChI is InChI=1S/C22H34N4O2S/c1-3-25(4-2)21(27)17-24-13-15-26(16-14-24)22(28)23-18-9-11-20(12-10-18)29-19-7-5-6-8-19/h9-12,19H,3-8,13-17H2,1-2H3,(H,23,28). The number of nitrogens with one attached hydrogen (secondary N) is 1. The predicted molar refractivity (Wildman–Crippen MR) is 120 cm³/mol. The van der Waals surface area contributed by atoms with Gasteiger partial charge in [-0.3, -0.25) is 9.69 Å². The van der Waals surface area contributed by atoms with Crippen LogP contribution in [0.5, 0.6) is 0 Å². The number of piperazine rings is 1. The van der Waals surface area contributed by atoms with Crippen LogP contribution in [0.2, 0.25) is 0 Å². The van der Waals surface area contributed by atoms with E-state index in [-0.39, 0.29) is 11.9 Å². The van der Waals surface area contributed by atoms with Crippen LogP contribution in [0.1, 0.15) is 39.5 Å². The molecule has 0 bridgehead atoms. The average Bonchev–Trinajstić information content (AvgIpc) is 3.24. The highest BCUT2D eigenvalue weighted by atomic mass is 32.2. The molecule has 2 fully saturated rings. The summed E-state index contributed by atoms with van der Waals surface area (Å²) in [7, 11) is 0. The molecule has 3 rings (SSSR count). The summed E-state index contributed by atoms with van der Waals surface area (Å²) in [4.78, 5) is 31.9. The maximum absolute atomic E-state index is 12.6. The zero-order chi connectivity index (χ0) is 20.6. The Morgan fingerprint density at radius 3 is 2.24 bits per heavy atom. The number of urea groups is 1. The van der Waals surface area contributed by atoms with E-state index in [4.69, 9.17) is 0 Å². The Kier molecular flexibility index (Phi) is 8.24. The minimum atomic E-state index is -0.0593. The van der Waals surface area contributed by atoms with E-state index in [0.29, 0.717) is 19.6 Å². The van der Waals surface area contributed by atoms with Crippen LogP contribution in [0.3, 0.4) is 0 Å². The van der Waals surface area contributed by atoms with Crippen molar-refractivity contribution in [1.82, 2.24) is 14.7 Å². The van der Waals surface area contributed by atoms with Crippen molar-refractivity contribution >= 4 is 29.4 Å². The molecule has 6 nitrogen and oxygen atoms in total. The van der Waals surface area contributed by atoms with Gasteiger partial charge in [0.2, 0.25) is 5.91 Å². The number of carbonyl (C=O) groups excluding carboxylic acids is 2. The van der Waals surface area contributed by atoms with E-state index in [2.05, 4.69) is 22.3 Å². The fourth-order valence-corrected chi connectivity index (χ4v) is 5.24. The van der Waals surface area contributed by atoms with Gasteiger partial charge in [-0.2, -0.15) is 0 Å². The van der Waals surface area contributed by atoms with Gasteiger partial charge in [-0.15, -0.1) is 11.8 Å². The Hall–Kier alpha value is -1.73. The van der Waals surface area contributed by atoms with Crippen LogP contribution < -0.4 is 5.32 Å². The Labute approximate surface area is 179 Å². The fourth-order valence-electron chi connectivity index (χ4n) is 3.99. The summed E-state index contributed by atoms with van der Waals surface area (Å²) in [6.45, 7) is 8.70. The van der Waals surface area contributed by atoms with Crippen LogP contribution in [-0.4, -0.2) is 77.7 Å². The van der Waals surface area contributed by atoms with Gasteiger partial charge in [0.25, 0.3) is 0 Å². The van der Waals surface area contributed by atoms with Crippen molar-refractivity contribution in [3.05, 3.63) is 24.3 Å². The van der Waals surface area contributed by atoms with Crippen LogP contribution in [-0.2, 0) is 4.79 Å². The van der Waals surface area contributed by atoms with Crippen molar-refractivity contribution in [3.8, 4) is 0 Å². The number of hydrogen-bond donors (Lipinski definition) is 1. The molecular formula is C22H34N4O2S. The monoisotopic (exact) mass is 418 g/mol. The van der Waals surface area contributed by atoms with Crippen molar-refractivity contribution in [2.75, 3.05) is 51.1 Å². The zero-order valence-corrected chi connectivity index (χ0v) is 18.5. The maximum Gasteiger partial charge on any atom is 0.321 e. The van der Waals surface area contributed by atoms with Gasteiger partial charge >= 0.3 is 6.03 Å². The summed E-state index contributed by atoms with van der Waals surface area (Å²) in [6, 6.07) is 8.14. The molecule has 0 atom stereocenters. The molecule has 7 heteroatoms. The number of nitrogens with zero attached hydrogens (tertiary/aromatic N) is 3. The molecule has 1 aliphatic heterocycles. The predicted octanol–water partition coefficient (Wildman–Crippen LogP) is 3.74. The fraction of sp³-hybridized carbons (Fsp3) is 0.636. The van der Waals surface area contributed by atoms with Gasteiger partial charge in [0.05, 0.1) is 6.54 Å². The summed E-state index contributed by atoms with van der Waals surface area (Å²) < 4.78 is 0. The molecule has 0 spiro atoms. The SMILES string of the molecule is CCN(CC)C(=O)CN1CCN(C(=O)Nc2ccc(SC3CCCC3)cc2)CC1. The van der Waals surface area contributed by atoms with Gasteiger partial charge in [-0.05, 0) is 51.0 Å². The molecule has 1 N–H and O–H groups in total. The first-order valence-corrected chi connectivity index (χ1v) is 11.8. The molecule has 1 aliphatic carbocycles. The molecule has 1 saturated heterocycles. The van der Waals surface area contributed by atoms with E-state index in [1.54, 1.807) is 0 Å². The first kappa shape index (κ1) is 22.0. The second-order valence-corrected chi connectivity index (χ2v) is 9.18. The van der Waals surface area contributed by atoms with Crippen molar-refractivity contribution in [1.29, 1.82) is 0 Å². The third kappa shape index (κ3) is 6.37. The number of hydrogen-bond acceptors (Lipinski definition) is 4. The number of anilines is 1. The van der Waals surface area contributed by atoms with E-state index >= 15 is 0 Å². The minimum absolute atomic E-state index is 0.0593. The molecule has 0 aromatic heterocycles. The van der Waals surface area contributed by atoms with Gasteiger partial charge < -0.3 is 15.1 Å². The smallest absolute Gasteiger partial charge is 0.321 e. The van der Waals surface area contributed by atoms with Crippen LogP contribution in [0.4, 0.5) is 10.5 Å². The summed E-state index contributed by atoms with van der Waals surface area (Å²) in [5.74, 6) is 0.170. The Morgan fingerprint density at radius 1 is 1.03 bits per heavy atom. The molecule has 0 radical (unpaired) electrons. The van der Waals surface area contributed by atoms with Gasteiger partial charge in [0, 0.05) is 55.1 Å². The first-order valence-electron chi connectivity index (χ1n) is 10.9. The zero-order valence-electron chi connectivity index (χ0n) is 17.7. The lowest BCUT2D eigenvalue weighted by atomic mass is 10.3. The second kappa shape index (κ2) is 10.9. The highest BCUT2D eigenvalue weighted by Gasteiger charge is 2.23. The Morgan fingerprint density at radius 2 is 1.66 bits per heavy atom. The Bertz CT molecular complexity index is 664. The van der Waals surface area contributed by atoms with Gasteiger partial charge in [0.1, 0.15) is 0 Å². The lowest BCUT2D eigenvalue weighted by molar-refractivity contribution is -0.132. The molecular weight excluding hydrogens is 384 g/mol. The summed E-state index contributed by atoms with van der Waals surface area (Å²) in [5, 5.41) is 3.76. The molecule has 1 aromatic rings. The van der Waals surface area contributed by atoms with Crippen molar-refractivity contribution in [2.45, 2.75) is 49.7 Å². The normalized spacial score (nSPS) is 18.1. The molecule has 0 unspecified atom stereocenters. The third-order valence-corrected chi connectivity index (χ3v) is 7.19. The van der Waals surface area contributed by atoms with E-state index in [9.17, 15) is 9.59 Å². The van der Waals surface area contributed by atoms with Crippen LogP contribution >= 0.6 is 11.8 Å². The number of amides is 3. The highest BCUT2D eigenvalue weighted by Crippen LogP contribution is 2.34. The van der Waals surface area contributed by atoms with E-state index in [1.165, 1.54) is 30.6 Å². The molecule has 29 heavy (non-hydrogen) atoms. The number of carbonyl (C=O) groups is 2. The molecule has 3 amide bonds. The summed E-state index contributed by atoms with van der Waals surface area (Å²) >= 11 is 1.96. The topological polar surface area (TPSA) is 55.9 Å². The lowest BCUT2D eigenvalue weighted by Gasteiger charge is -2.35. The molecule has 1 heterocycles. The van der Waals surface area contributed by atoms with Crippen LogP contribution in [0.15, 0.2) is 29.2 Å². The highest BCUT2D eigenvalue weighted by molar-refractivity contribution is 8.00. The quantitative estimate of drug-likeness (QED) is 0.733. The minimum Gasteiger partial charge on any atom is -0.342 e. The van der Waals surface area contributed by atoms with Gasteiger partial charge in [0.15, 0.2) is 0 Å². The first-order chi connectivity index (χ1) is 14.1. The molecule has 2 aliphatic rings. The van der Waals surface area contributed by atoms with Crippen molar-refractivity contribution < 1.29 is 9.59 Å². The van der Waals surface area contributed by atoms with Crippen molar-refractivity contribution in [2.24, 2.45) is 0 Å². The average molecular weight is 419 g/mol. The van der Waals surface area contributed by atoms with Gasteiger partial charge in [-0.1, -0.05) is 12.8 Å². The number of benzene rings is 1. The van der Waals surface area contributed by atoms with Crippen LogP contribution in [0.25, 0.3) is 0 Å². The van der Waals surface area contributed by atoms with E-state index in [0.717, 1.165) is 37.1 Å². The van der Waals surface area contributed by atoms with E-state index < -0.39 is 0 Å². The maximum atomic E-state index is 12.6. The molecule has 1 aromatic carbocycles. The summed E-state index contributed by atoms with van der Waals surface area (Å²) in [5.41, 5.74) is 0.838. The lowest BCUT2D eigenvalue weighted by Crippen LogP contribution is -2.52. The third-order valence-electron chi connectivity index (χ3n) is 5.85. The number of likely N-dealkylation sites (N-methyl/N-ethyl adjacent to an activating group) is 1. The van der Waals surface area contributed by atoms with Crippen LogP contribution in [0, 0.1) is 0 Å². The molecule has 160 valence electrons. The number of thioether (sulfide) groups is 1. The van der Waals surface area contributed by atoms with Gasteiger partial charge in [-0.25, -0.2) is 4.79 Å². The van der Waals surface area contributed by atoms with Crippen molar-refractivity contribution in [3.63, 3.8) is 0 Å². The summed E-state index contributed by atoms with van der Waals surface area (Å²) in [6.07, 6.45) is 5.33. The molecule has 1 saturated carbocycles. The largest absolute Gasteiger partial charge is 0.342 e. The second-order valence-electron chi connectivity index (χ2n) is 7.81.